The van der Waals surface area contributed by atoms with Crippen molar-refractivity contribution in [2.24, 2.45) is 11.1 Å². The van der Waals surface area contributed by atoms with Crippen LogP contribution in [0.4, 0.5) is 0 Å². The summed E-state index contributed by atoms with van der Waals surface area (Å²) in [5.74, 6) is 0.0926. The molecule has 1 atom stereocenters. The molecule has 0 aliphatic carbocycles. The van der Waals surface area contributed by atoms with Gasteiger partial charge in [0.15, 0.2) is 0 Å². The normalized spacial score (nSPS) is 28.7. The van der Waals surface area contributed by atoms with Crippen molar-refractivity contribution in [2.75, 3.05) is 6.54 Å². The zero-order valence-electron chi connectivity index (χ0n) is 8.29. The monoisotopic (exact) mass is 170 g/mol. The summed E-state index contributed by atoms with van der Waals surface area (Å²) in [6.07, 6.45) is 0. The molecule has 1 heterocycles. The third-order valence-electron chi connectivity index (χ3n) is 2.59. The van der Waals surface area contributed by atoms with Crippen LogP contribution in [0.5, 0.6) is 0 Å². The van der Waals surface area contributed by atoms with E-state index in [1.165, 1.54) is 0 Å². The third-order valence-corrected chi connectivity index (χ3v) is 2.59. The Kier molecular flexibility index (Phi) is 2.17. The van der Waals surface area contributed by atoms with E-state index in [2.05, 4.69) is 0 Å². The molecule has 1 saturated heterocycles. The summed E-state index contributed by atoms with van der Waals surface area (Å²) in [6, 6.07) is -0.0507. The van der Waals surface area contributed by atoms with Gasteiger partial charge in [-0.05, 0) is 13.8 Å². The molecule has 1 aliphatic rings. The molecule has 0 radical (unpaired) electrons. The molecule has 0 saturated carbocycles. The second kappa shape index (κ2) is 2.73. The standard InChI is InChI=1S/C9H18N2O/c1-6(2)11-5-9(3,4)7(10)8(11)12/h6-7H,5,10H2,1-4H3. The Morgan fingerprint density at radius 2 is 2.08 bits per heavy atom. The van der Waals surface area contributed by atoms with Crippen LogP contribution >= 0.6 is 0 Å². The van der Waals surface area contributed by atoms with Crippen LogP contribution in [0.2, 0.25) is 0 Å². The molecule has 3 heteroatoms. The van der Waals surface area contributed by atoms with Gasteiger partial charge in [-0.15, -0.1) is 0 Å². The van der Waals surface area contributed by atoms with Gasteiger partial charge in [-0.1, -0.05) is 13.8 Å². The first-order chi connectivity index (χ1) is 5.36. The van der Waals surface area contributed by atoms with Crippen LogP contribution in [-0.2, 0) is 4.79 Å². The number of nitrogens with two attached hydrogens (primary N) is 1. The Balaban J connectivity index is 2.81. The van der Waals surface area contributed by atoms with E-state index in [1.54, 1.807) is 0 Å². The third kappa shape index (κ3) is 1.33. The van der Waals surface area contributed by atoms with E-state index < -0.39 is 0 Å². The molecule has 0 aromatic heterocycles. The number of likely N-dealkylation sites (tertiary alicyclic amines) is 1. The van der Waals surface area contributed by atoms with Crippen LogP contribution in [0.1, 0.15) is 27.7 Å². The molecule has 12 heavy (non-hydrogen) atoms. The van der Waals surface area contributed by atoms with E-state index in [1.807, 2.05) is 32.6 Å². The van der Waals surface area contributed by atoms with Crippen molar-refractivity contribution in [3.05, 3.63) is 0 Å². The molecule has 2 N–H and O–H groups in total. The van der Waals surface area contributed by atoms with Gasteiger partial charge in [-0.3, -0.25) is 4.79 Å². The highest BCUT2D eigenvalue weighted by Crippen LogP contribution is 2.30. The Morgan fingerprint density at radius 1 is 1.58 bits per heavy atom. The fraction of sp³-hybridized carbons (Fsp3) is 0.889. The quantitative estimate of drug-likeness (QED) is 0.626. The maximum Gasteiger partial charge on any atom is 0.240 e. The Labute approximate surface area is 73.9 Å². The maximum absolute atomic E-state index is 11.6. The Bertz CT molecular complexity index is 199. The van der Waals surface area contributed by atoms with E-state index in [9.17, 15) is 4.79 Å². The minimum atomic E-state index is -0.320. The zero-order valence-corrected chi connectivity index (χ0v) is 8.29. The van der Waals surface area contributed by atoms with Gasteiger partial charge in [-0.2, -0.15) is 0 Å². The topological polar surface area (TPSA) is 46.3 Å². The smallest absolute Gasteiger partial charge is 0.240 e. The first kappa shape index (κ1) is 9.52. The molecule has 0 aromatic carbocycles. The van der Waals surface area contributed by atoms with Gasteiger partial charge >= 0.3 is 0 Å². The van der Waals surface area contributed by atoms with Crippen LogP contribution in [0, 0.1) is 5.41 Å². The summed E-state index contributed by atoms with van der Waals surface area (Å²) in [6.45, 7) is 8.90. The van der Waals surface area contributed by atoms with Crippen LogP contribution in [-0.4, -0.2) is 29.4 Å². The molecular formula is C9H18N2O. The number of hydrogen-bond acceptors (Lipinski definition) is 2. The van der Waals surface area contributed by atoms with Crippen LogP contribution in [0.3, 0.4) is 0 Å². The van der Waals surface area contributed by atoms with E-state index in [-0.39, 0.29) is 23.4 Å². The van der Waals surface area contributed by atoms with Gasteiger partial charge < -0.3 is 10.6 Å². The van der Waals surface area contributed by atoms with Crippen LogP contribution in [0.25, 0.3) is 0 Å². The number of nitrogens with zero attached hydrogens (tertiary/aromatic N) is 1. The van der Waals surface area contributed by atoms with Crippen molar-refractivity contribution in [2.45, 2.75) is 39.8 Å². The molecule has 0 bridgehead atoms. The van der Waals surface area contributed by atoms with Gasteiger partial charge in [0.25, 0.3) is 0 Å². The summed E-state index contributed by atoms with van der Waals surface area (Å²) < 4.78 is 0. The van der Waals surface area contributed by atoms with Crippen LogP contribution in [0.15, 0.2) is 0 Å². The highest BCUT2D eigenvalue weighted by Gasteiger charge is 2.44. The summed E-state index contributed by atoms with van der Waals surface area (Å²) in [4.78, 5) is 13.4. The molecule has 3 nitrogen and oxygen atoms in total. The largest absolute Gasteiger partial charge is 0.338 e. The predicted octanol–water partition coefficient (Wildman–Crippen LogP) is 0.591. The van der Waals surface area contributed by atoms with Crippen molar-refractivity contribution < 1.29 is 4.79 Å². The van der Waals surface area contributed by atoms with Crippen molar-refractivity contribution in [1.82, 2.24) is 4.90 Å². The Morgan fingerprint density at radius 3 is 2.25 bits per heavy atom. The van der Waals surface area contributed by atoms with Crippen molar-refractivity contribution in [3.63, 3.8) is 0 Å². The average molecular weight is 170 g/mol. The van der Waals surface area contributed by atoms with Gasteiger partial charge in [0.05, 0.1) is 6.04 Å². The molecule has 1 rings (SSSR count). The maximum atomic E-state index is 11.6. The fourth-order valence-corrected chi connectivity index (χ4v) is 1.57. The lowest BCUT2D eigenvalue weighted by Crippen LogP contribution is -2.40. The lowest BCUT2D eigenvalue weighted by atomic mass is 9.88. The van der Waals surface area contributed by atoms with E-state index in [4.69, 9.17) is 5.73 Å². The summed E-state index contributed by atoms with van der Waals surface area (Å²) >= 11 is 0. The van der Waals surface area contributed by atoms with Crippen molar-refractivity contribution in [1.29, 1.82) is 0 Å². The molecule has 1 aliphatic heterocycles. The lowest BCUT2D eigenvalue weighted by Gasteiger charge is -2.23. The average Bonchev–Trinajstić information content (AvgIpc) is 2.14. The Hall–Kier alpha value is -0.570. The second-order valence-electron chi connectivity index (χ2n) is 4.53. The van der Waals surface area contributed by atoms with E-state index in [0.717, 1.165) is 6.54 Å². The predicted molar refractivity (Wildman–Crippen MR) is 48.6 cm³/mol. The van der Waals surface area contributed by atoms with E-state index in [0.29, 0.717) is 0 Å². The number of amides is 1. The number of carbonyl (C=O) groups excluding carboxylic acids is 1. The molecule has 1 unspecified atom stereocenters. The number of hydrogen-bond donors (Lipinski definition) is 1. The van der Waals surface area contributed by atoms with Crippen LogP contribution < -0.4 is 5.73 Å². The minimum absolute atomic E-state index is 0.0681. The van der Waals surface area contributed by atoms with Gasteiger partial charge in [0.2, 0.25) is 5.91 Å². The van der Waals surface area contributed by atoms with Gasteiger partial charge in [0, 0.05) is 18.0 Å². The first-order valence-corrected chi connectivity index (χ1v) is 4.42. The van der Waals surface area contributed by atoms with Crippen molar-refractivity contribution in [3.8, 4) is 0 Å². The molecule has 0 aromatic rings. The fourth-order valence-electron chi connectivity index (χ4n) is 1.57. The minimum Gasteiger partial charge on any atom is -0.338 e. The first-order valence-electron chi connectivity index (χ1n) is 4.42. The second-order valence-corrected chi connectivity index (χ2v) is 4.53. The summed E-state index contributed by atoms with van der Waals surface area (Å²) in [5, 5.41) is 0. The molecule has 1 amide bonds. The highest BCUT2D eigenvalue weighted by atomic mass is 16.2. The van der Waals surface area contributed by atoms with Gasteiger partial charge in [0.1, 0.15) is 0 Å². The highest BCUT2D eigenvalue weighted by molar-refractivity contribution is 5.85. The SMILES string of the molecule is CC(C)N1CC(C)(C)C(N)C1=O. The molecule has 70 valence electrons. The molecule has 0 spiro atoms. The summed E-state index contributed by atoms with van der Waals surface area (Å²) in [7, 11) is 0. The summed E-state index contributed by atoms with van der Waals surface area (Å²) in [5.41, 5.74) is 5.72. The van der Waals surface area contributed by atoms with Crippen molar-refractivity contribution >= 4 is 5.91 Å². The molecule has 1 fully saturated rings. The lowest BCUT2D eigenvalue weighted by molar-refractivity contribution is -0.130. The van der Waals surface area contributed by atoms with Gasteiger partial charge in [-0.25, -0.2) is 0 Å². The van der Waals surface area contributed by atoms with E-state index >= 15 is 0 Å². The molecular weight excluding hydrogens is 152 g/mol. The zero-order chi connectivity index (χ0) is 9.52. The number of rotatable bonds is 1. The number of carbonyl (C=O) groups is 1.